The molecule has 2 N–H and O–H groups in total. The van der Waals surface area contributed by atoms with Crippen LogP contribution in [0.3, 0.4) is 0 Å². The van der Waals surface area contributed by atoms with Crippen LogP contribution in [0.25, 0.3) is 0 Å². The Bertz CT molecular complexity index is 486. The molecule has 0 radical (unpaired) electrons. The highest BCUT2D eigenvalue weighted by Crippen LogP contribution is 2.22. The van der Waals surface area contributed by atoms with Crippen LogP contribution in [0.5, 0.6) is 0 Å². The summed E-state index contributed by atoms with van der Waals surface area (Å²) < 4.78 is 0. The molecule has 2 heterocycles. The summed E-state index contributed by atoms with van der Waals surface area (Å²) in [6.07, 6.45) is 18.4. The quantitative estimate of drug-likeness (QED) is 0.477. The third-order valence-electron chi connectivity index (χ3n) is 5.65. The first-order valence-electron chi connectivity index (χ1n) is 11.1. The first-order valence-corrected chi connectivity index (χ1v) is 11.1. The second-order valence-corrected chi connectivity index (χ2v) is 7.95. The van der Waals surface area contributed by atoms with E-state index in [9.17, 15) is 0 Å². The summed E-state index contributed by atoms with van der Waals surface area (Å²) in [5, 5.41) is 0. The molecule has 1 fully saturated rings. The highest BCUT2D eigenvalue weighted by Gasteiger charge is 2.16. The number of unbranched alkanes of at least 4 members (excludes halogenated alkanes) is 9. The first-order chi connectivity index (χ1) is 12.7. The second-order valence-electron chi connectivity index (χ2n) is 7.95. The van der Waals surface area contributed by atoms with E-state index in [4.69, 9.17) is 10.7 Å². The molecule has 1 saturated heterocycles. The Kier molecular flexibility index (Phi) is 9.80. The van der Waals surface area contributed by atoms with Crippen LogP contribution in [-0.2, 0) is 6.42 Å². The van der Waals surface area contributed by atoms with Crippen molar-refractivity contribution in [1.29, 1.82) is 0 Å². The van der Waals surface area contributed by atoms with Crippen LogP contribution >= 0.6 is 0 Å². The summed E-state index contributed by atoms with van der Waals surface area (Å²) in [5.41, 5.74) is 8.52. The number of hydrogen-bond donors (Lipinski definition) is 1. The van der Waals surface area contributed by atoms with Crippen molar-refractivity contribution in [2.45, 2.75) is 104 Å². The zero-order valence-electron chi connectivity index (χ0n) is 17.2. The van der Waals surface area contributed by atoms with Crippen molar-refractivity contribution in [1.82, 2.24) is 9.97 Å². The molecule has 1 aliphatic rings. The number of aromatic nitrogens is 2. The SMILES string of the molecule is CCCCCCCCCCCCc1c(C)nc(N2CCCCC2)nc1N. The molecule has 148 valence electrons. The largest absolute Gasteiger partial charge is 0.383 e. The predicted molar refractivity (Wildman–Crippen MR) is 113 cm³/mol. The lowest BCUT2D eigenvalue weighted by atomic mass is 10.0. The molecule has 0 atom stereocenters. The van der Waals surface area contributed by atoms with Crippen molar-refractivity contribution >= 4 is 11.8 Å². The van der Waals surface area contributed by atoms with Crippen LogP contribution in [0.15, 0.2) is 0 Å². The molecular weight excluding hydrogens is 320 g/mol. The van der Waals surface area contributed by atoms with E-state index in [1.54, 1.807) is 0 Å². The Morgan fingerprint density at radius 3 is 1.96 bits per heavy atom. The third-order valence-corrected chi connectivity index (χ3v) is 5.65. The highest BCUT2D eigenvalue weighted by molar-refractivity contribution is 5.48. The van der Waals surface area contributed by atoms with Crippen LogP contribution in [0.1, 0.15) is 102 Å². The average molecular weight is 361 g/mol. The molecule has 0 aromatic carbocycles. The Morgan fingerprint density at radius 1 is 0.808 bits per heavy atom. The molecule has 0 saturated carbocycles. The molecule has 0 spiro atoms. The fourth-order valence-corrected chi connectivity index (χ4v) is 3.94. The normalized spacial score (nSPS) is 14.8. The molecule has 1 aromatic rings. The van der Waals surface area contributed by atoms with E-state index in [1.165, 1.54) is 89.0 Å². The first kappa shape index (κ1) is 21.0. The minimum absolute atomic E-state index is 0.703. The minimum Gasteiger partial charge on any atom is -0.383 e. The van der Waals surface area contributed by atoms with Crippen molar-refractivity contribution in [2.75, 3.05) is 23.7 Å². The lowest BCUT2D eigenvalue weighted by Gasteiger charge is -2.27. The van der Waals surface area contributed by atoms with Gasteiger partial charge in [0.25, 0.3) is 0 Å². The van der Waals surface area contributed by atoms with Gasteiger partial charge in [0.05, 0.1) is 0 Å². The summed E-state index contributed by atoms with van der Waals surface area (Å²) in [6, 6.07) is 0. The van der Waals surface area contributed by atoms with E-state index < -0.39 is 0 Å². The smallest absolute Gasteiger partial charge is 0.227 e. The summed E-state index contributed by atoms with van der Waals surface area (Å²) in [5.74, 6) is 1.54. The predicted octanol–water partition coefficient (Wildman–Crippen LogP) is 5.82. The van der Waals surface area contributed by atoms with Crippen LogP contribution in [0.2, 0.25) is 0 Å². The molecule has 0 unspecified atom stereocenters. The molecule has 26 heavy (non-hydrogen) atoms. The van der Waals surface area contributed by atoms with Gasteiger partial charge in [-0.2, -0.15) is 4.98 Å². The average Bonchev–Trinajstić information content (AvgIpc) is 2.65. The molecular formula is C22H40N4. The van der Waals surface area contributed by atoms with Gasteiger partial charge in [-0.15, -0.1) is 0 Å². The highest BCUT2D eigenvalue weighted by atomic mass is 15.3. The van der Waals surface area contributed by atoms with E-state index >= 15 is 0 Å². The van der Waals surface area contributed by atoms with Gasteiger partial charge in [0, 0.05) is 24.3 Å². The van der Waals surface area contributed by atoms with E-state index in [0.717, 1.165) is 31.2 Å². The van der Waals surface area contributed by atoms with Crippen LogP contribution in [0.4, 0.5) is 11.8 Å². The van der Waals surface area contributed by atoms with Crippen molar-refractivity contribution in [3.8, 4) is 0 Å². The van der Waals surface area contributed by atoms with Gasteiger partial charge in [-0.1, -0.05) is 64.7 Å². The lowest BCUT2D eigenvalue weighted by Crippen LogP contribution is -2.31. The Balaban J connectivity index is 1.66. The zero-order valence-corrected chi connectivity index (χ0v) is 17.2. The number of nitrogen functional groups attached to an aromatic ring is 1. The summed E-state index contributed by atoms with van der Waals surface area (Å²) in [4.78, 5) is 11.7. The van der Waals surface area contributed by atoms with Crippen molar-refractivity contribution in [3.63, 3.8) is 0 Å². The maximum absolute atomic E-state index is 6.27. The molecule has 0 bridgehead atoms. The zero-order chi connectivity index (χ0) is 18.6. The van der Waals surface area contributed by atoms with E-state index in [0.29, 0.717) is 5.82 Å². The maximum Gasteiger partial charge on any atom is 0.227 e. The molecule has 1 aromatic heterocycles. The number of anilines is 2. The van der Waals surface area contributed by atoms with Gasteiger partial charge in [0.2, 0.25) is 5.95 Å². The number of hydrogen-bond acceptors (Lipinski definition) is 4. The summed E-state index contributed by atoms with van der Waals surface area (Å²) in [7, 11) is 0. The fourth-order valence-electron chi connectivity index (χ4n) is 3.94. The topological polar surface area (TPSA) is 55.0 Å². The Hall–Kier alpha value is -1.32. The maximum atomic E-state index is 6.27. The molecule has 4 heteroatoms. The third kappa shape index (κ3) is 7.13. The van der Waals surface area contributed by atoms with E-state index in [1.807, 2.05) is 0 Å². The summed E-state index contributed by atoms with van der Waals surface area (Å²) >= 11 is 0. The number of nitrogens with zero attached hydrogens (tertiary/aromatic N) is 3. The van der Waals surface area contributed by atoms with Gasteiger partial charge >= 0.3 is 0 Å². The fraction of sp³-hybridized carbons (Fsp3) is 0.818. The number of aryl methyl sites for hydroxylation is 1. The molecule has 2 rings (SSSR count). The van der Waals surface area contributed by atoms with Gasteiger partial charge in [-0.3, -0.25) is 0 Å². The second kappa shape index (κ2) is 12.1. The van der Waals surface area contributed by atoms with Crippen molar-refractivity contribution < 1.29 is 0 Å². The van der Waals surface area contributed by atoms with Gasteiger partial charge in [0.1, 0.15) is 5.82 Å². The van der Waals surface area contributed by atoms with E-state index in [-0.39, 0.29) is 0 Å². The Labute approximate surface area is 161 Å². The van der Waals surface area contributed by atoms with Gasteiger partial charge in [0.15, 0.2) is 0 Å². The molecule has 4 nitrogen and oxygen atoms in total. The number of nitrogens with two attached hydrogens (primary N) is 1. The van der Waals surface area contributed by atoms with E-state index in [2.05, 4.69) is 23.7 Å². The van der Waals surface area contributed by atoms with Crippen LogP contribution < -0.4 is 10.6 Å². The monoisotopic (exact) mass is 360 g/mol. The van der Waals surface area contributed by atoms with Crippen LogP contribution in [-0.4, -0.2) is 23.1 Å². The molecule has 1 aliphatic heterocycles. The molecule has 0 aliphatic carbocycles. The van der Waals surface area contributed by atoms with Crippen molar-refractivity contribution in [2.24, 2.45) is 0 Å². The van der Waals surface area contributed by atoms with Gasteiger partial charge in [-0.05, 0) is 39.0 Å². The molecule has 0 amide bonds. The minimum atomic E-state index is 0.703. The van der Waals surface area contributed by atoms with Gasteiger partial charge < -0.3 is 10.6 Å². The van der Waals surface area contributed by atoms with Gasteiger partial charge in [-0.25, -0.2) is 4.98 Å². The standard InChI is InChI=1S/C22H40N4/c1-3-4-5-6-7-8-9-10-11-13-16-20-19(2)24-22(25-21(20)23)26-17-14-12-15-18-26/h3-18H2,1-2H3,(H2,23,24,25). The lowest BCUT2D eigenvalue weighted by molar-refractivity contribution is 0.555. The summed E-state index contributed by atoms with van der Waals surface area (Å²) in [6.45, 7) is 6.51. The Morgan fingerprint density at radius 2 is 1.38 bits per heavy atom. The number of rotatable bonds is 12. The van der Waals surface area contributed by atoms with Crippen molar-refractivity contribution in [3.05, 3.63) is 11.3 Å². The number of piperidine rings is 1. The van der Waals surface area contributed by atoms with Crippen LogP contribution in [0, 0.1) is 6.92 Å².